The lowest BCUT2D eigenvalue weighted by molar-refractivity contribution is -0.137. The van der Waals surface area contributed by atoms with E-state index >= 15 is 0 Å². The Balaban J connectivity index is 3.59. The maximum atomic E-state index is 10.9. The lowest BCUT2D eigenvalue weighted by atomic mass is 10.2. The van der Waals surface area contributed by atoms with E-state index in [1.165, 1.54) is 6.08 Å². The maximum Gasteiger partial charge on any atom is 0.407 e. The highest BCUT2D eigenvalue weighted by Gasteiger charge is 2.08. The molecule has 0 rings (SSSR count). The number of aliphatic carboxylic acids is 1. The minimum absolute atomic E-state index is 0.0307. The third-order valence-corrected chi connectivity index (χ3v) is 1.49. The second-order valence-corrected chi connectivity index (χ2v) is 2.86. The van der Waals surface area contributed by atoms with Crippen LogP contribution in [0.15, 0.2) is 12.7 Å². The van der Waals surface area contributed by atoms with E-state index in [1.807, 2.05) is 0 Å². The highest BCUT2D eigenvalue weighted by Crippen LogP contribution is 1.96. The molecule has 0 saturated carbocycles. The predicted molar refractivity (Wildman–Crippen MR) is 51.0 cm³/mol. The van der Waals surface area contributed by atoms with Crippen molar-refractivity contribution in [3.05, 3.63) is 12.7 Å². The van der Waals surface area contributed by atoms with Crippen LogP contribution in [0.4, 0.5) is 4.79 Å². The van der Waals surface area contributed by atoms with Gasteiger partial charge >= 0.3 is 12.1 Å². The molecule has 0 spiro atoms. The van der Waals surface area contributed by atoms with Crippen molar-refractivity contribution in [2.45, 2.75) is 25.8 Å². The molecule has 5 heteroatoms. The first-order chi connectivity index (χ1) is 6.56. The number of carbonyl (C=O) groups is 2. The van der Waals surface area contributed by atoms with E-state index in [1.54, 1.807) is 6.92 Å². The van der Waals surface area contributed by atoms with E-state index in [9.17, 15) is 9.59 Å². The zero-order valence-corrected chi connectivity index (χ0v) is 8.16. The zero-order chi connectivity index (χ0) is 11.0. The number of hydrogen-bond acceptors (Lipinski definition) is 3. The van der Waals surface area contributed by atoms with Crippen LogP contribution in [-0.4, -0.2) is 29.8 Å². The summed E-state index contributed by atoms with van der Waals surface area (Å²) in [5.74, 6) is -0.877. The molecule has 0 radical (unpaired) electrons. The van der Waals surface area contributed by atoms with Crippen LogP contribution >= 0.6 is 0 Å². The van der Waals surface area contributed by atoms with Gasteiger partial charge in [-0.2, -0.15) is 0 Å². The van der Waals surface area contributed by atoms with E-state index in [0.29, 0.717) is 6.42 Å². The Kier molecular flexibility index (Phi) is 6.19. The fourth-order valence-electron chi connectivity index (χ4n) is 0.790. The van der Waals surface area contributed by atoms with Gasteiger partial charge in [0.1, 0.15) is 6.61 Å². The zero-order valence-electron chi connectivity index (χ0n) is 8.16. The summed E-state index contributed by atoms with van der Waals surface area (Å²) in [7, 11) is 0. The number of carboxylic acid groups (broad SMARTS) is 1. The van der Waals surface area contributed by atoms with E-state index < -0.39 is 12.1 Å². The Morgan fingerprint density at radius 3 is 2.79 bits per heavy atom. The Morgan fingerprint density at radius 2 is 2.29 bits per heavy atom. The van der Waals surface area contributed by atoms with Crippen LogP contribution in [0.3, 0.4) is 0 Å². The number of amides is 1. The van der Waals surface area contributed by atoms with Gasteiger partial charge < -0.3 is 15.2 Å². The Morgan fingerprint density at radius 1 is 1.64 bits per heavy atom. The van der Waals surface area contributed by atoms with Gasteiger partial charge in [0.2, 0.25) is 0 Å². The molecule has 0 fully saturated rings. The molecular formula is C9H15NO4. The molecule has 0 unspecified atom stereocenters. The van der Waals surface area contributed by atoms with Gasteiger partial charge in [0.05, 0.1) is 0 Å². The van der Waals surface area contributed by atoms with Crippen molar-refractivity contribution in [3.63, 3.8) is 0 Å². The van der Waals surface area contributed by atoms with Gasteiger partial charge in [-0.15, -0.1) is 0 Å². The summed E-state index contributed by atoms with van der Waals surface area (Å²) in [4.78, 5) is 21.1. The number of rotatable bonds is 6. The summed E-state index contributed by atoms with van der Waals surface area (Å²) in [6.45, 7) is 5.26. The van der Waals surface area contributed by atoms with Crippen LogP contribution in [-0.2, 0) is 9.53 Å². The average molecular weight is 201 g/mol. The molecule has 0 saturated heterocycles. The molecule has 2 N–H and O–H groups in total. The fourth-order valence-corrected chi connectivity index (χ4v) is 0.790. The first-order valence-corrected chi connectivity index (χ1v) is 4.32. The van der Waals surface area contributed by atoms with Gasteiger partial charge in [-0.3, -0.25) is 4.79 Å². The van der Waals surface area contributed by atoms with Crippen LogP contribution in [0.5, 0.6) is 0 Å². The van der Waals surface area contributed by atoms with E-state index in [-0.39, 0.29) is 19.1 Å². The molecule has 80 valence electrons. The minimum atomic E-state index is -0.877. The quantitative estimate of drug-likeness (QED) is 0.632. The lowest BCUT2D eigenvalue weighted by Gasteiger charge is -2.11. The topological polar surface area (TPSA) is 75.6 Å². The molecule has 0 aliphatic rings. The summed E-state index contributed by atoms with van der Waals surface area (Å²) in [5, 5.41) is 10.9. The van der Waals surface area contributed by atoms with Crippen LogP contribution < -0.4 is 5.32 Å². The molecule has 0 aromatic carbocycles. The molecule has 5 nitrogen and oxygen atoms in total. The molecule has 14 heavy (non-hydrogen) atoms. The Bertz CT molecular complexity index is 215. The average Bonchev–Trinajstić information content (AvgIpc) is 2.11. The first-order valence-electron chi connectivity index (χ1n) is 4.32. The van der Waals surface area contributed by atoms with Crippen molar-refractivity contribution in [1.82, 2.24) is 5.32 Å². The van der Waals surface area contributed by atoms with Crippen LogP contribution in [0.1, 0.15) is 19.8 Å². The summed E-state index contributed by atoms with van der Waals surface area (Å²) in [5.41, 5.74) is 0. The molecule has 0 aliphatic heterocycles. The van der Waals surface area contributed by atoms with E-state index in [0.717, 1.165) is 0 Å². The van der Waals surface area contributed by atoms with Crippen molar-refractivity contribution in [1.29, 1.82) is 0 Å². The number of alkyl carbamates (subject to hydrolysis) is 1. The van der Waals surface area contributed by atoms with Gasteiger partial charge in [0.25, 0.3) is 0 Å². The van der Waals surface area contributed by atoms with E-state index in [2.05, 4.69) is 16.6 Å². The fraction of sp³-hybridized carbons (Fsp3) is 0.556. The maximum absolute atomic E-state index is 10.9. The van der Waals surface area contributed by atoms with Gasteiger partial charge in [-0.25, -0.2) is 4.79 Å². The van der Waals surface area contributed by atoms with Gasteiger partial charge in [-0.05, 0) is 13.3 Å². The molecule has 0 aromatic heterocycles. The molecular weight excluding hydrogens is 186 g/mol. The third-order valence-electron chi connectivity index (χ3n) is 1.49. The summed E-state index contributed by atoms with van der Waals surface area (Å²) in [6, 6.07) is -0.205. The second-order valence-electron chi connectivity index (χ2n) is 2.86. The SMILES string of the molecule is C=CCOC(=O)N[C@H](C)CCC(=O)O. The Labute approximate surface area is 82.7 Å². The van der Waals surface area contributed by atoms with Crippen molar-refractivity contribution >= 4 is 12.1 Å². The van der Waals surface area contributed by atoms with Gasteiger partial charge in [-0.1, -0.05) is 12.7 Å². The number of hydrogen-bond donors (Lipinski definition) is 2. The number of nitrogens with one attached hydrogen (secondary N) is 1. The second kappa shape index (κ2) is 6.94. The molecule has 0 heterocycles. The predicted octanol–water partition coefficient (Wildman–Crippen LogP) is 1.15. The molecule has 1 atom stereocenters. The number of carbonyl (C=O) groups excluding carboxylic acids is 1. The van der Waals surface area contributed by atoms with Crippen molar-refractivity contribution in [3.8, 4) is 0 Å². The summed E-state index contributed by atoms with van der Waals surface area (Å²) >= 11 is 0. The Hall–Kier alpha value is -1.52. The molecule has 0 aromatic rings. The minimum Gasteiger partial charge on any atom is -0.481 e. The van der Waals surface area contributed by atoms with E-state index in [4.69, 9.17) is 5.11 Å². The molecule has 0 bridgehead atoms. The largest absolute Gasteiger partial charge is 0.481 e. The lowest BCUT2D eigenvalue weighted by Crippen LogP contribution is -2.33. The monoisotopic (exact) mass is 201 g/mol. The van der Waals surface area contributed by atoms with Crippen LogP contribution in [0.2, 0.25) is 0 Å². The van der Waals surface area contributed by atoms with Crippen LogP contribution in [0.25, 0.3) is 0 Å². The summed E-state index contributed by atoms with van der Waals surface area (Å²) in [6.07, 6.45) is 1.32. The number of carboxylic acids is 1. The van der Waals surface area contributed by atoms with Crippen molar-refractivity contribution in [2.75, 3.05) is 6.61 Å². The smallest absolute Gasteiger partial charge is 0.407 e. The van der Waals surface area contributed by atoms with Gasteiger partial charge in [0, 0.05) is 12.5 Å². The van der Waals surface area contributed by atoms with Crippen molar-refractivity contribution < 1.29 is 19.4 Å². The van der Waals surface area contributed by atoms with Crippen LogP contribution in [0, 0.1) is 0 Å². The highest BCUT2D eigenvalue weighted by atomic mass is 16.5. The number of ether oxygens (including phenoxy) is 1. The highest BCUT2D eigenvalue weighted by molar-refractivity contribution is 5.68. The normalized spacial score (nSPS) is 11.5. The third kappa shape index (κ3) is 7.15. The van der Waals surface area contributed by atoms with Crippen molar-refractivity contribution in [2.24, 2.45) is 0 Å². The summed E-state index contributed by atoms with van der Waals surface area (Å²) < 4.78 is 4.65. The first kappa shape index (κ1) is 12.5. The molecule has 0 aliphatic carbocycles. The standard InChI is InChI=1S/C9H15NO4/c1-3-6-14-9(13)10-7(2)4-5-8(11)12/h3,7H,1,4-6H2,2H3,(H,10,13)(H,11,12)/t7-/m1/s1. The molecule has 1 amide bonds. The van der Waals surface area contributed by atoms with Gasteiger partial charge in [0.15, 0.2) is 0 Å².